The maximum atomic E-state index is 13.5. The number of rotatable bonds is 14. The van der Waals surface area contributed by atoms with Crippen molar-refractivity contribution in [1.82, 2.24) is 9.97 Å². The van der Waals surface area contributed by atoms with Gasteiger partial charge in [-0.15, -0.1) is 0 Å². The number of hydrogen-bond donors (Lipinski definition) is 2. The van der Waals surface area contributed by atoms with E-state index in [9.17, 15) is 26.0 Å². The van der Waals surface area contributed by atoms with Crippen molar-refractivity contribution in [2.75, 3.05) is 9.44 Å². The Morgan fingerprint density at radius 3 is 1.84 bits per heavy atom. The molecule has 12 nitrogen and oxygen atoms in total. The fraction of sp³-hybridized carbons (Fsp3) is 0.146. The van der Waals surface area contributed by atoms with Crippen LogP contribution in [0.1, 0.15) is 43.6 Å². The van der Waals surface area contributed by atoms with Gasteiger partial charge in [0.05, 0.1) is 39.4 Å². The summed E-state index contributed by atoms with van der Waals surface area (Å²) in [5, 5.41) is 0.414. The maximum Gasteiger partial charge on any atom is 0.263 e. The molecule has 2 aromatic heterocycles. The monoisotopic (exact) mass is 832 g/mol. The summed E-state index contributed by atoms with van der Waals surface area (Å²) in [7, 11) is -7.83. The second-order valence-corrected chi connectivity index (χ2v) is 16.5. The molecule has 0 saturated heterocycles. The SMILES string of the molecule is CC(C)Oc1ccc(S(=O)(=O)Nc2ccc(Cl)cc2Oc2cccnc2)cc1.CC(C)Oc1ccc(S(=O)(=O)Nc2ncccc2C(=O)c2cccc(F)c2)cc1. The minimum atomic E-state index is -4.00. The largest absolute Gasteiger partial charge is 0.491 e. The number of carbonyl (C=O) groups is 1. The zero-order chi connectivity index (χ0) is 41.2. The minimum absolute atomic E-state index is 0.00170. The predicted molar refractivity (Wildman–Crippen MR) is 216 cm³/mol. The van der Waals surface area contributed by atoms with Crippen molar-refractivity contribution < 1.29 is 40.2 Å². The highest BCUT2D eigenvalue weighted by Crippen LogP contribution is 2.34. The number of nitrogens with one attached hydrogen (secondary N) is 2. The van der Waals surface area contributed by atoms with Crippen LogP contribution in [-0.2, 0) is 20.0 Å². The number of ether oxygens (including phenoxy) is 3. The molecule has 4 aromatic carbocycles. The Kier molecular flexibility index (Phi) is 13.8. The van der Waals surface area contributed by atoms with Gasteiger partial charge < -0.3 is 14.2 Å². The number of sulfonamides is 2. The van der Waals surface area contributed by atoms with Crippen LogP contribution in [0.15, 0.2) is 144 Å². The highest BCUT2D eigenvalue weighted by atomic mass is 35.5. The number of ketones is 1. The predicted octanol–water partition coefficient (Wildman–Crippen LogP) is 9.16. The van der Waals surface area contributed by atoms with Gasteiger partial charge in [-0.25, -0.2) is 26.2 Å². The molecule has 6 aromatic rings. The number of hydrogen-bond acceptors (Lipinski definition) is 10. The third-order valence-electron chi connectivity index (χ3n) is 7.43. The van der Waals surface area contributed by atoms with Gasteiger partial charge in [0.25, 0.3) is 20.0 Å². The lowest BCUT2D eigenvalue weighted by molar-refractivity contribution is 0.103. The molecule has 0 aliphatic rings. The van der Waals surface area contributed by atoms with Crippen molar-refractivity contribution in [3.05, 3.63) is 156 Å². The van der Waals surface area contributed by atoms with Crippen molar-refractivity contribution in [3.63, 3.8) is 0 Å². The molecule has 0 spiro atoms. The Labute approximate surface area is 335 Å². The topological polar surface area (TPSA) is 163 Å². The normalized spacial score (nSPS) is 11.3. The van der Waals surface area contributed by atoms with E-state index in [1.54, 1.807) is 54.7 Å². The summed E-state index contributed by atoms with van der Waals surface area (Å²) < 4.78 is 86.1. The van der Waals surface area contributed by atoms with Crippen LogP contribution >= 0.6 is 11.6 Å². The lowest BCUT2D eigenvalue weighted by atomic mass is 10.0. The molecule has 296 valence electrons. The first-order valence-electron chi connectivity index (χ1n) is 17.3. The summed E-state index contributed by atoms with van der Waals surface area (Å²) in [6, 6.07) is 28.3. The van der Waals surface area contributed by atoms with Crippen LogP contribution in [0.3, 0.4) is 0 Å². The van der Waals surface area contributed by atoms with Crippen molar-refractivity contribution in [1.29, 1.82) is 0 Å². The molecule has 0 amide bonds. The number of aromatic nitrogens is 2. The first-order valence-corrected chi connectivity index (χ1v) is 20.7. The van der Waals surface area contributed by atoms with Crippen LogP contribution in [0.2, 0.25) is 5.02 Å². The van der Waals surface area contributed by atoms with E-state index in [1.165, 1.54) is 73.1 Å². The fourth-order valence-corrected chi connectivity index (χ4v) is 7.25. The fourth-order valence-electron chi connectivity index (χ4n) is 4.98. The third-order valence-corrected chi connectivity index (χ3v) is 10.4. The van der Waals surface area contributed by atoms with Crippen LogP contribution in [0.4, 0.5) is 15.9 Å². The van der Waals surface area contributed by atoms with Gasteiger partial charge in [0, 0.05) is 29.0 Å². The Hall–Kier alpha value is -6.03. The van der Waals surface area contributed by atoms with Gasteiger partial charge in [-0.3, -0.25) is 19.2 Å². The molecule has 57 heavy (non-hydrogen) atoms. The van der Waals surface area contributed by atoms with E-state index in [2.05, 4.69) is 19.4 Å². The Morgan fingerprint density at radius 2 is 1.28 bits per heavy atom. The molecular formula is C41H38ClFN4O8S2. The molecule has 0 radical (unpaired) electrons. The number of carbonyl (C=O) groups excluding carboxylic acids is 1. The number of halogens is 2. The Morgan fingerprint density at radius 1 is 0.684 bits per heavy atom. The van der Waals surface area contributed by atoms with E-state index in [4.69, 9.17) is 25.8 Å². The van der Waals surface area contributed by atoms with E-state index in [0.717, 1.165) is 6.07 Å². The Bertz CT molecular complexity index is 2530. The number of nitrogens with zero attached hydrogens (tertiary/aromatic N) is 2. The molecule has 0 bridgehead atoms. The summed E-state index contributed by atoms with van der Waals surface area (Å²) in [5.74, 6) is 0.620. The van der Waals surface area contributed by atoms with Crippen molar-refractivity contribution in [3.8, 4) is 23.0 Å². The number of pyridine rings is 2. The molecule has 0 aliphatic carbocycles. The molecule has 16 heteroatoms. The lowest BCUT2D eigenvalue weighted by Gasteiger charge is -2.14. The Balaban J connectivity index is 0.000000218. The van der Waals surface area contributed by atoms with Gasteiger partial charge in [-0.05, 0) is 125 Å². The third kappa shape index (κ3) is 12.0. The van der Waals surface area contributed by atoms with Gasteiger partial charge in [0.2, 0.25) is 0 Å². The molecule has 0 aliphatic heterocycles. The maximum absolute atomic E-state index is 13.5. The van der Waals surface area contributed by atoms with E-state index < -0.39 is 31.6 Å². The number of benzene rings is 4. The van der Waals surface area contributed by atoms with E-state index in [1.807, 2.05) is 27.7 Å². The molecular weight excluding hydrogens is 795 g/mol. The minimum Gasteiger partial charge on any atom is -0.491 e. The van der Waals surface area contributed by atoms with E-state index >= 15 is 0 Å². The summed E-state index contributed by atoms with van der Waals surface area (Å²) in [4.78, 5) is 20.8. The average Bonchev–Trinajstić information content (AvgIpc) is 3.16. The van der Waals surface area contributed by atoms with Crippen molar-refractivity contribution in [2.45, 2.75) is 49.7 Å². The first-order chi connectivity index (χ1) is 27.1. The highest BCUT2D eigenvalue weighted by molar-refractivity contribution is 7.93. The van der Waals surface area contributed by atoms with Gasteiger partial charge >= 0.3 is 0 Å². The van der Waals surface area contributed by atoms with Gasteiger partial charge in [-0.1, -0.05) is 23.7 Å². The zero-order valence-electron chi connectivity index (χ0n) is 31.1. The summed E-state index contributed by atoms with van der Waals surface area (Å²) >= 11 is 6.04. The van der Waals surface area contributed by atoms with Crippen LogP contribution in [0.5, 0.6) is 23.0 Å². The molecule has 2 N–H and O–H groups in total. The van der Waals surface area contributed by atoms with Crippen LogP contribution < -0.4 is 23.7 Å². The molecule has 0 fully saturated rings. The van der Waals surface area contributed by atoms with Gasteiger partial charge in [-0.2, -0.15) is 0 Å². The van der Waals surface area contributed by atoms with E-state index in [-0.39, 0.29) is 50.4 Å². The quantitative estimate of drug-likeness (QED) is 0.101. The summed E-state index contributed by atoms with van der Waals surface area (Å²) in [6.45, 7) is 7.53. The summed E-state index contributed by atoms with van der Waals surface area (Å²) in [6.07, 6.45) is 4.45. The lowest BCUT2D eigenvalue weighted by Crippen LogP contribution is -2.17. The molecule has 0 saturated carbocycles. The number of anilines is 2. The van der Waals surface area contributed by atoms with Crippen molar-refractivity contribution in [2.24, 2.45) is 0 Å². The van der Waals surface area contributed by atoms with E-state index in [0.29, 0.717) is 22.3 Å². The molecule has 0 unspecified atom stereocenters. The van der Waals surface area contributed by atoms with Crippen molar-refractivity contribution >= 4 is 48.9 Å². The standard InChI is InChI=1S/C21H19FN2O4S.C20H19ClN2O4S/c1-14(2)28-17-8-10-18(11-9-17)29(26,27)24-21-19(7-4-12-23-21)20(25)15-5-3-6-16(22)13-15;1-14(2)26-16-6-8-18(9-7-16)28(24,25)23-19-10-5-15(21)12-20(19)27-17-4-3-11-22-13-17/h3-14H,1-2H3,(H,23,24);3-14,23H,1-2H3. The van der Waals surface area contributed by atoms with Crippen LogP contribution in [0.25, 0.3) is 0 Å². The summed E-state index contributed by atoms with van der Waals surface area (Å²) in [5.41, 5.74) is 0.367. The van der Waals surface area contributed by atoms with Gasteiger partial charge in [0.15, 0.2) is 17.4 Å². The highest BCUT2D eigenvalue weighted by Gasteiger charge is 2.22. The smallest absolute Gasteiger partial charge is 0.263 e. The molecule has 0 atom stereocenters. The van der Waals surface area contributed by atoms with Crippen LogP contribution in [-0.4, -0.2) is 44.8 Å². The second-order valence-electron chi connectivity index (χ2n) is 12.7. The molecule has 2 heterocycles. The molecule has 6 rings (SSSR count). The van der Waals surface area contributed by atoms with Gasteiger partial charge in [0.1, 0.15) is 23.1 Å². The zero-order valence-corrected chi connectivity index (χ0v) is 33.5. The first kappa shape index (κ1) is 42.1. The van der Waals surface area contributed by atoms with Crippen LogP contribution in [0, 0.1) is 5.82 Å². The second kappa shape index (κ2) is 18.7. The average molecular weight is 833 g/mol.